The lowest BCUT2D eigenvalue weighted by Gasteiger charge is -2.29. The highest BCUT2D eigenvalue weighted by atomic mass is 32.2. The molecular formula is C26H39N5O3S. The molecule has 1 aromatic carbocycles. The lowest BCUT2D eigenvalue weighted by atomic mass is 9.86. The molecule has 0 bridgehead atoms. The number of ether oxygens (including phenoxy) is 1. The molecule has 9 heteroatoms. The van der Waals surface area contributed by atoms with Crippen molar-refractivity contribution in [1.82, 2.24) is 25.4 Å². The maximum absolute atomic E-state index is 12.5. The molecule has 0 saturated heterocycles. The van der Waals surface area contributed by atoms with Crippen molar-refractivity contribution in [2.45, 2.75) is 90.5 Å². The first-order valence-electron chi connectivity index (χ1n) is 12.6. The normalized spacial score (nSPS) is 17.9. The fraction of sp³-hybridized carbons (Fsp3) is 0.615. The van der Waals surface area contributed by atoms with Crippen molar-refractivity contribution >= 4 is 23.6 Å². The summed E-state index contributed by atoms with van der Waals surface area (Å²) in [7, 11) is 0. The zero-order valence-electron chi connectivity index (χ0n) is 21.6. The lowest BCUT2D eigenvalue weighted by molar-refractivity contribution is -0.123. The van der Waals surface area contributed by atoms with Crippen LogP contribution in [0, 0.1) is 12.8 Å². The van der Waals surface area contributed by atoms with Crippen LogP contribution in [0.3, 0.4) is 0 Å². The number of hydrogen-bond acceptors (Lipinski definition) is 6. The maximum Gasteiger partial charge on any atom is 0.258 e. The Morgan fingerprint density at radius 1 is 1.20 bits per heavy atom. The third kappa shape index (κ3) is 7.72. The highest BCUT2D eigenvalue weighted by Crippen LogP contribution is 2.27. The smallest absolute Gasteiger partial charge is 0.258 e. The molecule has 0 unspecified atom stereocenters. The van der Waals surface area contributed by atoms with Crippen LogP contribution in [0.2, 0.25) is 0 Å². The molecule has 8 nitrogen and oxygen atoms in total. The number of thioether (sulfide) groups is 1. The van der Waals surface area contributed by atoms with E-state index in [0.29, 0.717) is 35.1 Å². The second-order valence-electron chi connectivity index (χ2n) is 9.63. The Morgan fingerprint density at radius 2 is 1.97 bits per heavy atom. The Balaban J connectivity index is 1.49. The number of nitrogens with zero attached hydrogens (tertiary/aromatic N) is 3. The molecule has 3 rings (SSSR count). The van der Waals surface area contributed by atoms with E-state index in [1.165, 1.54) is 31.0 Å². The van der Waals surface area contributed by atoms with E-state index in [9.17, 15) is 9.59 Å². The highest BCUT2D eigenvalue weighted by molar-refractivity contribution is 7.99. The van der Waals surface area contributed by atoms with Crippen molar-refractivity contribution in [2.75, 3.05) is 12.4 Å². The van der Waals surface area contributed by atoms with Crippen LogP contribution in [0.25, 0.3) is 0 Å². The minimum absolute atomic E-state index is 0.0309. The number of rotatable bonds is 11. The molecule has 1 heterocycles. The average Bonchev–Trinajstić information content (AvgIpc) is 3.23. The van der Waals surface area contributed by atoms with Gasteiger partial charge in [-0.05, 0) is 55.7 Å². The summed E-state index contributed by atoms with van der Waals surface area (Å²) in [6.45, 7) is 11.3. The third-order valence-electron chi connectivity index (χ3n) is 6.49. The molecule has 0 radical (unpaired) electrons. The van der Waals surface area contributed by atoms with Gasteiger partial charge >= 0.3 is 0 Å². The van der Waals surface area contributed by atoms with E-state index >= 15 is 0 Å². The van der Waals surface area contributed by atoms with Crippen molar-refractivity contribution < 1.29 is 14.3 Å². The number of nitrogens with one attached hydrogen (secondary N) is 2. The second-order valence-corrected chi connectivity index (χ2v) is 10.6. The van der Waals surface area contributed by atoms with Crippen LogP contribution in [-0.4, -0.2) is 45.0 Å². The van der Waals surface area contributed by atoms with E-state index in [2.05, 4.69) is 47.7 Å². The average molecular weight is 502 g/mol. The molecule has 1 fully saturated rings. The van der Waals surface area contributed by atoms with Gasteiger partial charge < -0.3 is 19.9 Å². The number of amides is 2. The number of carbonyl (C=O) groups excluding carboxylic acids is 2. The summed E-state index contributed by atoms with van der Waals surface area (Å²) in [6, 6.07) is 6.33. The fourth-order valence-corrected chi connectivity index (χ4v) is 5.23. The van der Waals surface area contributed by atoms with Crippen molar-refractivity contribution in [1.29, 1.82) is 0 Å². The first kappa shape index (κ1) is 27.0. The van der Waals surface area contributed by atoms with Gasteiger partial charge in [0, 0.05) is 12.6 Å². The summed E-state index contributed by atoms with van der Waals surface area (Å²) in [5, 5.41) is 15.2. The Hall–Kier alpha value is -2.55. The van der Waals surface area contributed by atoms with E-state index < -0.39 is 0 Å². The van der Waals surface area contributed by atoms with E-state index in [1.54, 1.807) is 0 Å². The summed E-state index contributed by atoms with van der Waals surface area (Å²) in [6.07, 6.45) is 4.65. The van der Waals surface area contributed by atoms with Gasteiger partial charge in [-0.25, -0.2) is 0 Å². The van der Waals surface area contributed by atoms with Gasteiger partial charge in [0.2, 0.25) is 5.91 Å². The SMILES string of the molecule is CCn1c(CNC(=O)COc2cc(C)ccc2C(C)C)nnc1SCC(=O)N[C@H]1CCCC[C@H]1C. The third-order valence-corrected chi connectivity index (χ3v) is 7.46. The van der Waals surface area contributed by atoms with Crippen molar-refractivity contribution in [3.05, 3.63) is 35.2 Å². The van der Waals surface area contributed by atoms with E-state index in [0.717, 1.165) is 23.3 Å². The van der Waals surface area contributed by atoms with Crippen molar-refractivity contribution in [2.24, 2.45) is 5.92 Å². The van der Waals surface area contributed by atoms with Gasteiger partial charge in [-0.15, -0.1) is 10.2 Å². The van der Waals surface area contributed by atoms with Crippen LogP contribution in [0.4, 0.5) is 0 Å². The summed E-state index contributed by atoms with van der Waals surface area (Å²) in [4.78, 5) is 24.9. The summed E-state index contributed by atoms with van der Waals surface area (Å²) in [5.41, 5.74) is 2.17. The Bertz CT molecular complexity index is 1010. The van der Waals surface area contributed by atoms with Crippen LogP contribution >= 0.6 is 11.8 Å². The fourth-order valence-electron chi connectivity index (χ4n) is 4.40. The number of aryl methyl sites for hydroxylation is 1. The van der Waals surface area contributed by atoms with Crippen LogP contribution in [0.5, 0.6) is 5.75 Å². The van der Waals surface area contributed by atoms with Gasteiger partial charge in [-0.3, -0.25) is 9.59 Å². The zero-order valence-corrected chi connectivity index (χ0v) is 22.4. The summed E-state index contributed by atoms with van der Waals surface area (Å²) in [5.74, 6) is 2.34. The van der Waals surface area contributed by atoms with Gasteiger partial charge in [-0.1, -0.05) is 57.5 Å². The summed E-state index contributed by atoms with van der Waals surface area (Å²) < 4.78 is 7.75. The second kappa shape index (κ2) is 13.0. The molecule has 1 aromatic heterocycles. The number of hydrogen-bond donors (Lipinski definition) is 2. The topological polar surface area (TPSA) is 98.1 Å². The van der Waals surface area contributed by atoms with Crippen molar-refractivity contribution in [3.8, 4) is 5.75 Å². The molecule has 0 aliphatic heterocycles. The number of aromatic nitrogens is 3. The lowest BCUT2D eigenvalue weighted by Crippen LogP contribution is -2.41. The molecule has 2 aromatic rings. The molecule has 1 saturated carbocycles. The highest BCUT2D eigenvalue weighted by Gasteiger charge is 2.23. The predicted molar refractivity (Wildman–Crippen MR) is 139 cm³/mol. The van der Waals surface area contributed by atoms with Crippen LogP contribution < -0.4 is 15.4 Å². The molecule has 2 N–H and O–H groups in total. The van der Waals surface area contributed by atoms with E-state index in [1.807, 2.05) is 30.5 Å². The largest absolute Gasteiger partial charge is 0.483 e. The molecule has 0 spiro atoms. The maximum atomic E-state index is 12.5. The quantitative estimate of drug-likeness (QED) is 0.448. The minimum atomic E-state index is -0.220. The van der Waals surface area contributed by atoms with Gasteiger partial charge in [0.25, 0.3) is 5.91 Å². The van der Waals surface area contributed by atoms with Gasteiger partial charge in [0.05, 0.1) is 12.3 Å². The Labute approximate surface area is 213 Å². The van der Waals surface area contributed by atoms with Crippen LogP contribution in [0.15, 0.2) is 23.4 Å². The first-order valence-corrected chi connectivity index (χ1v) is 13.6. The molecule has 2 amide bonds. The molecule has 2 atom stereocenters. The monoisotopic (exact) mass is 501 g/mol. The molecular weight excluding hydrogens is 462 g/mol. The van der Waals surface area contributed by atoms with E-state index in [4.69, 9.17) is 4.74 Å². The molecule has 35 heavy (non-hydrogen) atoms. The minimum Gasteiger partial charge on any atom is -0.483 e. The Kier molecular flexibility index (Phi) is 10.0. The number of benzene rings is 1. The molecule has 1 aliphatic carbocycles. The standard InChI is InChI=1S/C26H39N5O3S/c1-6-31-23(14-27-24(32)15-34-22-13-18(4)11-12-20(22)17(2)3)29-30-26(31)35-16-25(33)28-21-10-8-7-9-19(21)5/h11-13,17,19,21H,6-10,14-16H2,1-5H3,(H,27,32)(H,28,33)/t19-,21+/m1/s1. The first-order chi connectivity index (χ1) is 16.8. The summed E-state index contributed by atoms with van der Waals surface area (Å²) >= 11 is 1.38. The van der Waals surface area contributed by atoms with Gasteiger partial charge in [-0.2, -0.15) is 0 Å². The van der Waals surface area contributed by atoms with Crippen LogP contribution in [0.1, 0.15) is 76.2 Å². The molecule has 1 aliphatic rings. The molecule has 192 valence electrons. The van der Waals surface area contributed by atoms with Crippen molar-refractivity contribution in [3.63, 3.8) is 0 Å². The van der Waals surface area contributed by atoms with Crippen LogP contribution in [-0.2, 0) is 22.7 Å². The number of carbonyl (C=O) groups is 2. The predicted octanol–water partition coefficient (Wildman–Crippen LogP) is 4.21. The van der Waals surface area contributed by atoms with E-state index in [-0.39, 0.29) is 31.0 Å². The van der Waals surface area contributed by atoms with Gasteiger partial charge in [0.15, 0.2) is 17.6 Å². The Morgan fingerprint density at radius 3 is 2.69 bits per heavy atom. The van der Waals surface area contributed by atoms with Gasteiger partial charge in [0.1, 0.15) is 5.75 Å². The zero-order chi connectivity index (χ0) is 25.4.